The zero-order chi connectivity index (χ0) is 18.1. The third kappa shape index (κ3) is 3.10. The Morgan fingerprint density at radius 1 is 1.31 bits per heavy atom. The maximum absolute atomic E-state index is 13.8. The van der Waals surface area contributed by atoms with Gasteiger partial charge in [-0.1, -0.05) is 35.6 Å². The topological polar surface area (TPSA) is 54.5 Å². The number of anilines is 1. The summed E-state index contributed by atoms with van der Waals surface area (Å²) in [7, 11) is 1.62. The number of rotatable bonds is 5. The Hall–Kier alpha value is -2.67. The van der Waals surface area contributed by atoms with Crippen molar-refractivity contribution in [3.05, 3.63) is 53.8 Å². The molecule has 0 unspecified atom stereocenters. The second-order valence-corrected chi connectivity index (χ2v) is 7.22. The number of aromatic nitrogens is 1. The van der Waals surface area contributed by atoms with Crippen molar-refractivity contribution in [3.63, 3.8) is 0 Å². The van der Waals surface area contributed by atoms with Crippen LogP contribution in [0.25, 0.3) is 10.2 Å². The molecule has 1 N–H and O–H groups in total. The number of fused-ring (bicyclic) bond motifs is 1. The molecule has 0 aliphatic carbocycles. The van der Waals surface area contributed by atoms with Gasteiger partial charge in [0, 0.05) is 25.2 Å². The van der Waals surface area contributed by atoms with Crippen molar-refractivity contribution in [2.24, 2.45) is 5.92 Å². The molecule has 1 fully saturated rings. The summed E-state index contributed by atoms with van der Waals surface area (Å²) in [6, 6.07) is 12.6. The molecule has 2 aromatic carbocycles. The van der Waals surface area contributed by atoms with Crippen molar-refractivity contribution in [2.75, 3.05) is 25.1 Å². The van der Waals surface area contributed by atoms with Gasteiger partial charge in [0.25, 0.3) is 0 Å². The van der Waals surface area contributed by atoms with Crippen LogP contribution < -0.4 is 15.0 Å². The molecule has 2 heterocycles. The monoisotopic (exact) mass is 371 g/mol. The molecule has 5 nitrogen and oxygen atoms in total. The Kier molecular flexibility index (Phi) is 4.46. The predicted octanol–water partition coefficient (Wildman–Crippen LogP) is 3.20. The average Bonchev–Trinajstić information content (AvgIpc) is 3.04. The van der Waals surface area contributed by atoms with E-state index in [-0.39, 0.29) is 17.6 Å². The van der Waals surface area contributed by atoms with Gasteiger partial charge in [-0.15, -0.1) is 0 Å². The smallest absolute Gasteiger partial charge is 0.226 e. The van der Waals surface area contributed by atoms with Gasteiger partial charge in [-0.05, 0) is 18.2 Å². The lowest BCUT2D eigenvalue weighted by molar-refractivity contribution is -0.125. The molecule has 1 aliphatic heterocycles. The minimum absolute atomic E-state index is 0.0134. The first-order valence-electron chi connectivity index (χ1n) is 8.35. The van der Waals surface area contributed by atoms with E-state index in [0.717, 1.165) is 21.1 Å². The highest BCUT2D eigenvalue weighted by molar-refractivity contribution is 7.22. The number of para-hydroxylation sites is 2. The van der Waals surface area contributed by atoms with E-state index in [1.54, 1.807) is 13.2 Å². The Bertz CT molecular complexity index is 953. The lowest BCUT2D eigenvalue weighted by Crippen LogP contribution is -2.53. The van der Waals surface area contributed by atoms with E-state index in [1.165, 1.54) is 17.4 Å². The number of hydrogen-bond acceptors (Lipinski definition) is 5. The highest BCUT2D eigenvalue weighted by Gasteiger charge is 2.34. The van der Waals surface area contributed by atoms with Crippen LogP contribution in [0.4, 0.5) is 9.52 Å². The fourth-order valence-electron chi connectivity index (χ4n) is 3.01. The highest BCUT2D eigenvalue weighted by Crippen LogP contribution is 2.33. The van der Waals surface area contributed by atoms with Crippen LogP contribution in [-0.4, -0.2) is 31.1 Å². The number of nitrogens with zero attached hydrogens (tertiary/aromatic N) is 2. The third-order valence-corrected chi connectivity index (χ3v) is 5.61. The van der Waals surface area contributed by atoms with Crippen LogP contribution in [0.1, 0.15) is 5.56 Å². The van der Waals surface area contributed by atoms with E-state index in [0.29, 0.717) is 25.2 Å². The van der Waals surface area contributed by atoms with E-state index < -0.39 is 0 Å². The van der Waals surface area contributed by atoms with E-state index in [1.807, 2.05) is 35.2 Å². The number of methoxy groups -OCH3 is 1. The summed E-state index contributed by atoms with van der Waals surface area (Å²) in [5, 5.41) is 3.72. The Balaban J connectivity index is 1.35. The second kappa shape index (κ2) is 6.92. The van der Waals surface area contributed by atoms with Crippen LogP contribution in [0.15, 0.2) is 42.5 Å². The number of amides is 1. The minimum atomic E-state index is -0.309. The van der Waals surface area contributed by atoms with Crippen LogP contribution >= 0.6 is 11.3 Å². The van der Waals surface area contributed by atoms with Crippen molar-refractivity contribution in [2.45, 2.75) is 6.54 Å². The van der Waals surface area contributed by atoms with Crippen LogP contribution in [0, 0.1) is 11.7 Å². The van der Waals surface area contributed by atoms with Crippen molar-refractivity contribution >= 4 is 32.6 Å². The molecule has 7 heteroatoms. The van der Waals surface area contributed by atoms with Crippen molar-refractivity contribution < 1.29 is 13.9 Å². The largest absolute Gasteiger partial charge is 0.496 e. The number of carbonyl (C=O) groups excluding carboxylic acids is 1. The first-order chi connectivity index (χ1) is 12.7. The summed E-state index contributed by atoms with van der Waals surface area (Å²) in [6.07, 6.45) is 0. The normalized spacial score (nSPS) is 14.3. The summed E-state index contributed by atoms with van der Waals surface area (Å²) in [6.45, 7) is 1.63. The van der Waals surface area contributed by atoms with E-state index in [4.69, 9.17) is 4.74 Å². The molecule has 0 atom stereocenters. The van der Waals surface area contributed by atoms with Crippen molar-refractivity contribution in [1.29, 1.82) is 0 Å². The lowest BCUT2D eigenvalue weighted by atomic mass is 10.00. The van der Waals surface area contributed by atoms with E-state index in [2.05, 4.69) is 10.3 Å². The number of thiazole rings is 1. The van der Waals surface area contributed by atoms with Crippen molar-refractivity contribution in [1.82, 2.24) is 10.3 Å². The Morgan fingerprint density at radius 2 is 2.12 bits per heavy atom. The molecule has 1 amide bonds. The number of ether oxygens (including phenoxy) is 1. The fourth-order valence-corrected chi connectivity index (χ4v) is 4.01. The van der Waals surface area contributed by atoms with Crippen LogP contribution in [0.3, 0.4) is 0 Å². The molecular weight excluding hydrogens is 353 g/mol. The van der Waals surface area contributed by atoms with Gasteiger partial charge in [-0.25, -0.2) is 9.37 Å². The Labute approximate surface area is 154 Å². The molecule has 0 radical (unpaired) electrons. The number of carbonyl (C=O) groups is 1. The van der Waals surface area contributed by atoms with Crippen LogP contribution in [-0.2, 0) is 11.3 Å². The molecule has 0 bridgehead atoms. The number of nitrogens with one attached hydrogen (secondary N) is 1. The van der Waals surface area contributed by atoms with E-state index in [9.17, 15) is 9.18 Å². The zero-order valence-electron chi connectivity index (χ0n) is 14.2. The predicted molar refractivity (Wildman–Crippen MR) is 100 cm³/mol. The third-order valence-electron chi connectivity index (χ3n) is 4.53. The zero-order valence-corrected chi connectivity index (χ0v) is 15.1. The first kappa shape index (κ1) is 16.8. The molecule has 0 saturated carbocycles. The van der Waals surface area contributed by atoms with Gasteiger partial charge in [-0.2, -0.15) is 0 Å². The SMILES string of the molecule is COc1ccccc1CNC(=O)C1CN(c2nc3c(F)cccc3s2)C1. The summed E-state index contributed by atoms with van der Waals surface area (Å²) < 4.78 is 19.9. The summed E-state index contributed by atoms with van der Waals surface area (Å²) in [5.41, 5.74) is 1.35. The number of benzene rings is 2. The Morgan fingerprint density at radius 3 is 2.88 bits per heavy atom. The van der Waals surface area contributed by atoms with Gasteiger partial charge in [0.15, 0.2) is 5.13 Å². The lowest BCUT2D eigenvalue weighted by Gasteiger charge is -2.38. The number of hydrogen-bond donors (Lipinski definition) is 1. The summed E-state index contributed by atoms with van der Waals surface area (Å²) >= 11 is 1.45. The molecule has 1 saturated heterocycles. The van der Waals surface area contributed by atoms with Gasteiger partial charge in [0.2, 0.25) is 5.91 Å². The first-order valence-corrected chi connectivity index (χ1v) is 9.17. The van der Waals surface area contributed by atoms with Crippen LogP contribution in [0.5, 0.6) is 5.75 Å². The van der Waals surface area contributed by atoms with E-state index >= 15 is 0 Å². The molecular formula is C19H18FN3O2S. The van der Waals surface area contributed by atoms with Gasteiger partial charge in [-0.3, -0.25) is 4.79 Å². The molecule has 26 heavy (non-hydrogen) atoms. The maximum Gasteiger partial charge on any atom is 0.226 e. The molecule has 0 spiro atoms. The van der Waals surface area contributed by atoms with Gasteiger partial charge < -0.3 is 15.0 Å². The molecule has 134 valence electrons. The van der Waals surface area contributed by atoms with Gasteiger partial charge in [0.05, 0.1) is 17.7 Å². The summed E-state index contributed by atoms with van der Waals surface area (Å²) in [5.74, 6) is 0.386. The summed E-state index contributed by atoms with van der Waals surface area (Å²) in [4.78, 5) is 18.7. The van der Waals surface area contributed by atoms with Crippen molar-refractivity contribution in [3.8, 4) is 5.75 Å². The number of halogens is 1. The van der Waals surface area contributed by atoms with Gasteiger partial charge >= 0.3 is 0 Å². The minimum Gasteiger partial charge on any atom is -0.496 e. The van der Waals surface area contributed by atoms with Crippen LogP contribution in [0.2, 0.25) is 0 Å². The quantitative estimate of drug-likeness (QED) is 0.748. The average molecular weight is 371 g/mol. The standard InChI is InChI=1S/C19H18FN3O2S/c1-25-15-7-3-2-5-12(15)9-21-18(24)13-10-23(11-13)19-22-17-14(20)6-4-8-16(17)26-19/h2-8,13H,9-11H2,1H3,(H,21,24). The molecule has 1 aromatic heterocycles. The molecule has 1 aliphatic rings. The fraction of sp³-hybridized carbons (Fsp3) is 0.263. The second-order valence-electron chi connectivity index (χ2n) is 6.21. The molecule has 4 rings (SSSR count). The maximum atomic E-state index is 13.8. The van der Waals surface area contributed by atoms with Gasteiger partial charge in [0.1, 0.15) is 17.1 Å². The highest BCUT2D eigenvalue weighted by atomic mass is 32.1. The molecule has 3 aromatic rings.